The number of nitrogens with zero attached hydrogens (tertiary/aromatic N) is 3. The molecule has 2 aliphatic carbocycles. The molecule has 1 aromatic heterocycles. The van der Waals surface area contributed by atoms with Crippen molar-refractivity contribution in [2.75, 3.05) is 0 Å². The monoisotopic (exact) mass is 283 g/mol. The van der Waals surface area contributed by atoms with Gasteiger partial charge in [0.05, 0.1) is 27.3 Å². The van der Waals surface area contributed by atoms with Crippen LogP contribution in [0.3, 0.4) is 0 Å². The van der Waals surface area contributed by atoms with Gasteiger partial charge < -0.3 is 0 Å². The van der Waals surface area contributed by atoms with E-state index in [9.17, 15) is 10.1 Å². The molecule has 1 saturated carbocycles. The summed E-state index contributed by atoms with van der Waals surface area (Å²) in [4.78, 5) is 20.1. The Balaban J connectivity index is 1.99. The molecule has 0 aliphatic heterocycles. The van der Waals surface area contributed by atoms with Gasteiger partial charge in [-0.25, -0.2) is 9.97 Å². The molecule has 5 heteroatoms. The largest absolute Gasteiger partial charge is 0.271 e. The second kappa shape index (κ2) is 3.59. The second-order valence-electron chi connectivity index (χ2n) is 7.03. The summed E-state index contributed by atoms with van der Waals surface area (Å²) in [5.41, 5.74) is 3.84. The van der Waals surface area contributed by atoms with Gasteiger partial charge in [0, 0.05) is 23.5 Å². The fourth-order valence-corrected chi connectivity index (χ4v) is 4.22. The number of benzene rings is 1. The van der Waals surface area contributed by atoms with Crippen molar-refractivity contribution in [1.82, 2.24) is 9.97 Å². The summed E-state index contributed by atoms with van der Waals surface area (Å²) >= 11 is 0. The first-order valence-corrected chi connectivity index (χ1v) is 7.31. The van der Waals surface area contributed by atoms with Crippen LogP contribution >= 0.6 is 0 Å². The Morgan fingerprint density at radius 3 is 2.71 bits per heavy atom. The number of aromatic nitrogens is 2. The van der Waals surface area contributed by atoms with Crippen LogP contribution < -0.4 is 0 Å². The molecule has 0 saturated heterocycles. The average Bonchev–Trinajstić information content (AvgIpc) is 2.76. The Hall–Kier alpha value is -2.04. The summed E-state index contributed by atoms with van der Waals surface area (Å²) in [5.74, 6) is 0.411. The fourth-order valence-electron chi connectivity index (χ4n) is 4.22. The molecule has 4 rings (SSSR count). The first-order valence-electron chi connectivity index (χ1n) is 7.31. The van der Waals surface area contributed by atoms with E-state index in [1.165, 1.54) is 12.1 Å². The van der Waals surface area contributed by atoms with E-state index in [-0.39, 0.29) is 21.4 Å². The van der Waals surface area contributed by atoms with Crippen LogP contribution in [-0.2, 0) is 5.41 Å². The van der Waals surface area contributed by atoms with Crippen molar-refractivity contribution in [1.29, 1.82) is 0 Å². The van der Waals surface area contributed by atoms with Gasteiger partial charge in [-0.3, -0.25) is 10.1 Å². The van der Waals surface area contributed by atoms with Gasteiger partial charge in [-0.2, -0.15) is 0 Å². The van der Waals surface area contributed by atoms with E-state index >= 15 is 0 Å². The molecule has 1 aromatic carbocycles. The van der Waals surface area contributed by atoms with Crippen molar-refractivity contribution in [2.45, 2.75) is 44.9 Å². The van der Waals surface area contributed by atoms with Crippen molar-refractivity contribution in [3.63, 3.8) is 0 Å². The third kappa shape index (κ3) is 1.36. The molecular formula is C16H17N3O2. The molecule has 21 heavy (non-hydrogen) atoms. The SMILES string of the molecule is CC1(C)[C@@H]2CC[C@]1(C)c1nc3ccc([N+](=O)[O-])cc3nc12. The van der Waals surface area contributed by atoms with E-state index < -0.39 is 0 Å². The minimum absolute atomic E-state index is 0.0654. The van der Waals surface area contributed by atoms with Crippen molar-refractivity contribution in [2.24, 2.45) is 5.41 Å². The van der Waals surface area contributed by atoms with Gasteiger partial charge in [-0.05, 0) is 24.3 Å². The lowest BCUT2D eigenvalue weighted by Crippen LogP contribution is -2.31. The zero-order valence-electron chi connectivity index (χ0n) is 12.4. The van der Waals surface area contributed by atoms with E-state index in [0.29, 0.717) is 11.4 Å². The molecule has 5 nitrogen and oxygen atoms in total. The lowest BCUT2D eigenvalue weighted by atomic mass is 9.70. The van der Waals surface area contributed by atoms with Crippen LogP contribution in [0.1, 0.15) is 50.9 Å². The maximum absolute atomic E-state index is 10.9. The highest BCUT2D eigenvalue weighted by Gasteiger charge is 2.61. The quantitative estimate of drug-likeness (QED) is 0.591. The number of non-ortho nitro benzene ring substituents is 1. The first-order chi connectivity index (χ1) is 9.84. The zero-order chi connectivity index (χ0) is 15.0. The maximum Gasteiger partial charge on any atom is 0.271 e. The van der Waals surface area contributed by atoms with Crippen molar-refractivity contribution >= 4 is 16.7 Å². The molecular weight excluding hydrogens is 266 g/mol. The van der Waals surface area contributed by atoms with E-state index in [4.69, 9.17) is 9.97 Å². The molecule has 2 aromatic rings. The molecule has 1 fully saturated rings. The molecule has 108 valence electrons. The highest BCUT2D eigenvalue weighted by atomic mass is 16.6. The summed E-state index contributed by atoms with van der Waals surface area (Å²) in [7, 11) is 0. The van der Waals surface area contributed by atoms with Crippen LogP contribution in [-0.4, -0.2) is 14.9 Å². The number of fused-ring (bicyclic) bond motifs is 6. The summed E-state index contributed by atoms with van der Waals surface area (Å²) in [6.07, 6.45) is 2.27. The lowest BCUT2D eigenvalue weighted by Gasteiger charge is -2.34. The Morgan fingerprint density at radius 2 is 2.00 bits per heavy atom. The third-order valence-corrected chi connectivity index (χ3v) is 5.96. The lowest BCUT2D eigenvalue weighted by molar-refractivity contribution is -0.384. The number of nitro benzene ring substituents is 1. The van der Waals surface area contributed by atoms with E-state index in [1.807, 2.05) is 0 Å². The minimum atomic E-state index is -0.383. The van der Waals surface area contributed by atoms with Gasteiger partial charge in [0.15, 0.2) is 0 Å². The Bertz CT molecular complexity index is 799. The molecule has 0 unspecified atom stereocenters. The van der Waals surface area contributed by atoms with Gasteiger partial charge >= 0.3 is 0 Å². The molecule has 0 spiro atoms. The number of nitro groups is 1. The molecule has 0 N–H and O–H groups in total. The van der Waals surface area contributed by atoms with Crippen LogP contribution in [0.5, 0.6) is 0 Å². The highest BCUT2D eigenvalue weighted by molar-refractivity contribution is 5.78. The molecule has 2 aliphatic rings. The highest BCUT2D eigenvalue weighted by Crippen LogP contribution is 2.66. The third-order valence-electron chi connectivity index (χ3n) is 5.96. The molecule has 2 bridgehead atoms. The molecule has 1 heterocycles. The van der Waals surface area contributed by atoms with E-state index in [1.54, 1.807) is 6.07 Å². The number of hydrogen-bond acceptors (Lipinski definition) is 4. The predicted molar refractivity (Wildman–Crippen MR) is 79.3 cm³/mol. The van der Waals surface area contributed by atoms with Crippen molar-refractivity contribution in [3.8, 4) is 0 Å². The fraction of sp³-hybridized carbons (Fsp3) is 0.500. The number of hydrogen-bond donors (Lipinski definition) is 0. The smallest absolute Gasteiger partial charge is 0.258 e. The summed E-state index contributed by atoms with van der Waals surface area (Å²) in [5, 5.41) is 10.9. The van der Waals surface area contributed by atoms with Crippen LogP contribution in [0.4, 0.5) is 5.69 Å². The van der Waals surface area contributed by atoms with Crippen LogP contribution in [0, 0.1) is 15.5 Å². The van der Waals surface area contributed by atoms with Crippen molar-refractivity contribution < 1.29 is 4.92 Å². The predicted octanol–water partition coefficient (Wildman–Crippen LogP) is 3.71. The summed E-state index contributed by atoms with van der Waals surface area (Å²) in [6.45, 7) is 6.87. The molecule has 0 amide bonds. The van der Waals surface area contributed by atoms with E-state index in [2.05, 4.69) is 20.8 Å². The first kappa shape index (κ1) is 12.7. The van der Waals surface area contributed by atoms with Crippen LogP contribution in [0.25, 0.3) is 11.0 Å². The Labute approximate surface area is 122 Å². The van der Waals surface area contributed by atoms with E-state index in [0.717, 1.165) is 29.7 Å². The normalized spacial score (nSPS) is 28.8. The maximum atomic E-state index is 10.9. The topological polar surface area (TPSA) is 68.9 Å². The van der Waals surface area contributed by atoms with Crippen molar-refractivity contribution in [3.05, 3.63) is 39.7 Å². The van der Waals surface area contributed by atoms with Gasteiger partial charge in [0.1, 0.15) is 0 Å². The molecule has 0 radical (unpaired) electrons. The van der Waals surface area contributed by atoms with Gasteiger partial charge in [-0.15, -0.1) is 0 Å². The second-order valence-corrected chi connectivity index (χ2v) is 7.03. The molecule has 2 atom stereocenters. The average molecular weight is 283 g/mol. The summed E-state index contributed by atoms with van der Waals surface area (Å²) in [6, 6.07) is 4.75. The minimum Gasteiger partial charge on any atom is -0.258 e. The van der Waals surface area contributed by atoms with Gasteiger partial charge in [-0.1, -0.05) is 20.8 Å². The Kier molecular flexibility index (Phi) is 2.17. The standard InChI is InChI=1S/C16H17N3O2/c1-15(2)10-6-7-16(15,3)14-13(10)17-12-8-9(19(20)21)4-5-11(12)18-14/h4-5,8,10H,6-7H2,1-3H3/t10-,16-/m1/s1. The summed E-state index contributed by atoms with van der Waals surface area (Å²) < 4.78 is 0. The van der Waals surface area contributed by atoms with Gasteiger partial charge in [0.25, 0.3) is 5.69 Å². The zero-order valence-corrected chi connectivity index (χ0v) is 12.4. The van der Waals surface area contributed by atoms with Gasteiger partial charge in [0.2, 0.25) is 0 Å². The number of rotatable bonds is 1. The Morgan fingerprint density at radius 1 is 1.24 bits per heavy atom. The van der Waals surface area contributed by atoms with Crippen LogP contribution in [0.2, 0.25) is 0 Å². The van der Waals surface area contributed by atoms with Crippen LogP contribution in [0.15, 0.2) is 18.2 Å².